The molecule has 0 radical (unpaired) electrons. The molecule has 0 unspecified atom stereocenters. The molecule has 0 aliphatic rings. The summed E-state index contributed by atoms with van der Waals surface area (Å²) in [6.07, 6.45) is 0. The first kappa shape index (κ1) is 17.1. The highest BCUT2D eigenvalue weighted by Gasteiger charge is 2.05. The van der Waals surface area contributed by atoms with Crippen LogP contribution in [0.15, 0.2) is 28.6 Å². The van der Waals surface area contributed by atoms with Crippen LogP contribution in [0.5, 0.6) is 0 Å². The van der Waals surface area contributed by atoms with Gasteiger partial charge in [0.2, 0.25) is 0 Å². The van der Waals surface area contributed by atoms with Crippen LogP contribution < -0.4 is 10.6 Å². The predicted molar refractivity (Wildman–Crippen MR) is 103 cm³/mol. The number of aryl methyl sites for hydroxylation is 1. The topological polar surface area (TPSA) is 62.2 Å². The number of halogens is 1. The lowest BCUT2D eigenvalue weighted by Gasteiger charge is -2.09. The van der Waals surface area contributed by atoms with E-state index in [1.807, 2.05) is 37.4 Å². The third kappa shape index (κ3) is 4.43. The number of nitrogens with one attached hydrogen (secondary N) is 2. The molecule has 5 nitrogen and oxygen atoms in total. The second-order valence-electron chi connectivity index (χ2n) is 5.15. The van der Waals surface area contributed by atoms with Crippen molar-refractivity contribution in [3.8, 4) is 0 Å². The Morgan fingerprint density at radius 2 is 2.12 bits per heavy atom. The van der Waals surface area contributed by atoms with Crippen LogP contribution >= 0.6 is 34.3 Å². The molecule has 2 N–H and O–H groups in total. The van der Waals surface area contributed by atoms with Gasteiger partial charge in [-0.2, -0.15) is 0 Å². The minimum atomic E-state index is 0.531. The van der Waals surface area contributed by atoms with E-state index in [0.29, 0.717) is 18.1 Å². The van der Waals surface area contributed by atoms with Crippen molar-refractivity contribution in [2.24, 2.45) is 4.99 Å². The van der Waals surface area contributed by atoms with Gasteiger partial charge >= 0.3 is 0 Å². The van der Waals surface area contributed by atoms with Gasteiger partial charge in [-0.1, -0.05) is 11.6 Å². The summed E-state index contributed by atoms with van der Waals surface area (Å²) in [6.45, 7) is 6.05. The third-order valence-corrected chi connectivity index (χ3v) is 5.41. The maximum absolute atomic E-state index is 6.01. The van der Waals surface area contributed by atoms with Crippen molar-refractivity contribution >= 4 is 50.5 Å². The van der Waals surface area contributed by atoms with E-state index in [1.54, 1.807) is 22.7 Å². The minimum Gasteiger partial charge on any atom is -0.357 e. The van der Waals surface area contributed by atoms with E-state index in [4.69, 9.17) is 11.6 Å². The van der Waals surface area contributed by atoms with E-state index in [0.717, 1.165) is 38.4 Å². The Labute approximate surface area is 153 Å². The lowest BCUT2D eigenvalue weighted by atomic mass is 10.3. The van der Waals surface area contributed by atoms with Crippen LogP contribution in [0.25, 0.3) is 10.2 Å². The number of rotatable bonds is 5. The van der Waals surface area contributed by atoms with Gasteiger partial charge in [0.05, 0.1) is 23.3 Å². The van der Waals surface area contributed by atoms with Crippen molar-refractivity contribution in [3.63, 3.8) is 0 Å². The molecular formula is C16H18ClN5S2. The molecule has 0 fully saturated rings. The lowest BCUT2D eigenvalue weighted by molar-refractivity contribution is 0.809. The zero-order valence-electron chi connectivity index (χ0n) is 13.5. The average molecular weight is 380 g/mol. The van der Waals surface area contributed by atoms with Gasteiger partial charge in [0, 0.05) is 22.6 Å². The fourth-order valence-corrected chi connectivity index (χ4v) is 3.90. The van der Waals surface area contributed by atoms with Gasteiger partial charge in [-0.15, -0.1) is 22.7 Å². The Kier molecular flexibility index (Phi) is 5.65. The molecule has 2 heterocycles. The summed E-state index contributed by atoms with van der Waals surface area (Å²) in [4.78, 5) is 13.6. The molecule has 0 atom stereocenters. The summed E-state index contributed by atoms with van der Waals surface area (Å²) in [6, 6.07) is 5.77. The van der Waals surface area contributed by atoms with Gasteiger partial charge in [-0.3, -0.25) is 0 Å². The zero-order valence-corrected chi connectivity index (χ0v) is 15.9. The third-order valence-electron chi connectivity index (χ3n) is 3.18. The maximum Gasteiger partial charge on any atom is 0.192 e. The molecule has 3 aromatic rings. The SMILES string of the molecule is CCNC(=NCc1nc2cc(Cl)ccc2s1)NCc1nc(C)cs1. The van der Waals surface area contributed by atoms with E-state index in [9.17, 15) is 0 Å². The van der Waals surface area contributed by atoms with E-state index in [-0.39, 0.29) is 0 Å². The second-order valence-corrected chi connectivity index (χ2v) is 7.65. The van der Waals surface area contributed by atoms with Crippen LogP contribution in [-0.2, 0) is 13.1 Å². The lowest BCUT2D eigenvalue weighted by Crippen LogP contribution is -2.36. The van der Waals surface area contributed by atoms with Crippen LogP contribution in [0.3, 0.4) is 0 Å². The predicted octanol–water partition coefficient (Wildman–Crippen LogP) is 3.97. The van der Waals surface area contributed by atoms with Crippen LogP contribution in [0.2, 0.25) is 5.02 Å². The number of aromatic nitrogens is 2. The van der Waals surface area contributed by atoms with Crippen LogP contribution in [0.4, 0.5) is 0 Å². The number of aliphatic imine (C=N–C) groups is 1. The van der Waals surface area contributed by atoms with Gasteiger partial charge in [0.25, 0.3) is 0 Å². The van der Waals surface area contributed by atoms with E-state index < -0.39 is 0 Å². The Balaban J connectivity index is 1.67. The molecule has 8 heteroatoms. The standard InChI is InChI=1S/C16H18ClN5S2/c1-3-18-16(19-7-14-21-10(2)9-23-14)20-8-15-22-12-6-11(17)4-5-13(12)24-15/h4-6,9H,3,7-8H2,1-2H3,(H2,18,19,20). The molecule has 0 amide bonds. The Morgan fingerprint density at radius 3 is 2.88 bits per heavy atom. The van der Waals surface area contributed by atoms with Crippen molar-refractivity contribution in [1.29, 1.82) is 0 Å². The van der Waals surface area contributed by atoms with Crippen LogP contribution in [0.1, 0.15) is 22.6 Å². The van der Waals surface area contributed by atoms with Gasteiger partial charge in [0.15, 0.2) is 5.96 Å². The average Bonchev–Trinajstić information content (AvgIpc) is 3.15. The van der Waals surface area contributed by atoms with Gasteiger partial charge in [-0.05, 0) is 32.0 Å². The first-order chi connectivity index (χ1) is 11.6. The highest BCUT2D eigenvalue weighted by Crippen LogP contribution is 2.25. The van der Waals surface area contributed by atoms with Gasteiger partial charge in [-0.25, -0.2) is 15.0 Å². The van der Waals surface area contributed by atoms with Crippen LogP contribution in [0, 0.1) is 6.92 Å². The maximum atomic E-state index is 6.01. The molecule has 0 aliphatic heterocycles. The molecule has 0 aliphatic carbocycles. The molecule has 0 bridgehead atoms. The fourth-order valence-electron chi connectivity index (χ4n) is 2.15. The largest absolute Gasteiger partial charge is 0.357 e. The molecule has 0 saturated heterocycles. The Hall–Kier alpha value is -1.70. The molecule has 1 aromatic carbocycles. The monoisotopic (exact) mass is 379 g/mol. The number of fused-ring (bicyclic) bond motifs is 1. The quantitative estimate of drug-likeness (QED) is 0.520. The first-order valence-corrected chi connectivity index (χ1v) is 9.69. The number of benzene rings is 1. The molecule has 0 saturated carbocycles. The van der Waals surface area contributed by atoms with Crippen molar-refractivity contribution in [2.45, 2.75) is 26.9 Å². The Morgan fingerprint density at radius 1 is 1.25 bits per heavy atom. The number of guanidine groups is 1. The molecule has 126 valence electrons. The van der Waals surface area contributed by atoms with Crippen molar-refractivity contribution < 1.29 is 0 Å². The van der Waals surface area contributed by atoms with E-state index in [1.165, 1.54) is 0 Å². The van der Waals surface area contributed by atoms with Crippen molar-refractivity contribution in [1.82, 2.24) is 20.6 Å². The summed E-state index contributed by atoms with van der Waals surface area (Å²) >= 11 is 9.30. The summed E-state index contributed by atoms with van der Waals surface area (Å²) in [7, 11) is 0. The highest BCUT2D eigenvalue weighted by molar-refractivity contribution is 7.18. The fraction of sp³-hybridized carbons (Fsp3) is 0.312. The summed E-state index contributed by atoms with van der Waals surface area (Å²) < 4.78 is 1.13. The smallest absolute Gasteiger partial charge is 0.192 e. The highest BCUT2D eigenvalue weighted by atomic mass is 35.5. The van der Waals surface area contributed by atoms with Crippen molar-refractivity contribution in [3.05, 3.63) is 44.3 Å². The van der Waals surface area contributed by atoms with E-state index >= 15 is 0 Å². The summed E-state index contributed by atoms with van der Waals surface area (Å²) in [5.74, 6) is 0.766. The van der Waals surface area contributed by atoms with Gasteiger partial charge in [0.1, 0.15) is 10.0 Å². The number of hydrogen-bond donors (Lipinski definition) is 2. The number of nitrogens with zero attached hydrogens (tertiary/aromatic N) is 3. The van der Waals surface area contributed by atoms with E-state index in [2.05, 4.69) is 25.6 Å². The molecule has 3 rings (SSSR count). The van der Waals surface area contributed by atoms with Gasteiger partial charge < -0.3 is 10.6 Å². The normalized spacial score (nSPS) is 11.9. The Bertz CT molecular complexity index is 855. The minimum absolute atomic E-state index is 0.531. The molecular weight excluding hydrogens is 362 g/mol. The zero-order chi connectivity index (χ0) is 16.9. The summed E-state index contributed by atoms with van der Waals surface area (Å²) in [5.41, 5.74) is 1.97. The summed E-state index contributed by atoms with van der Waals surface area (Å²) in [5, 5.41) is 11.3. The molecule has 0 spiro atoms. The first-order valence-electron chi connectivity index (χ1n) is 7.62. The number of thiazole rings is 2. The number of hydrogen-bond acceptors (Lipinski definition) is 5. The molecule has 24 heavy (non-hydrogen) atoms. The van der Waals surface area contributed by atoms with Crippen molar-refractivity contribution in [2.75, 3.05) is 6.54 Å². The molecule has 2 aromatic heterocycles. The van der Waals surface area contributed by atoms with Crippen LogP contribution in [-0.4, -0.2) is 22.5 Å². The second kappa shape index (κ2) is 7.92.